The molecule has 1 aromatic heterocycles. The predicted molar refractivity (Wildman–Crippen MR) is 127 cm³/mol. The third kappa shape index (κ3) is 4.94. The molecule has 3 amide bonds. The van der Waals surface area contributed by atoms with Crippen molar-refractivity contribution in [2.24, 2.45) is 0 Å². The maximum Gasteiger partial charge on any atom is 0.261 e. The number of nitrogens with zero attached hydrogens (tertiary/aromatic N) is 3. The number of ether oxygens (including phenoxy) is 1. The number of hydrogen-bond acceptors (Lipinski definition) is 7. The van der Waals surface area contributed by atoms with Gasteiger partial charge in [-0.3, -0.25) is 19.3 Å². The van der Waals surface area contributed by atoms with Gasteiger partial charge in [0.1, 0.15) is 0 Å². The summed E-state index contributed by atoms with van der Waals surface area (Å²) in [5, 5.41) is 5.97. The molecule has 0 aliphatic carbocycles. The van der Waals surface area contributed by atoms with Gasteiger partial charge < -0.3 is 15.4 Å². The average molecular weight is 460 g/mol. The number of rotatable bonds is 8. The molecule has 0 radical (unpaired) electrons. The summed E-state index contributed by atoms with van der Waals surface area (Å²) in [5.74, 6) is -0.667. The molecule has 9 heteroatoms. The summed E-state index contributed by atoms with van der Waals surface area (Å²) in [6, 6.07) is 13.6. The second kappa shape index (κ2) is 9.80. The summed E-state index contributed by atoms with van der Waals surface area (Å²) in [4.78, 5) is 48.1. The van der Waals surface area contributed by atoms with Gasteiger partial charge in [0.25, 0.3) is 17.7 Å². The van der Waals surface area contributed by atoms with E-state index in [0.29, 0.717) is 35.9 Å². The topological polar surface area (TPSA) is 114 Å². The highest BCUT2D eigenvalue weighted by Crippen LogP contribution is 2.25. The minimum atomic E-state index is -0.398. The summed E-state index contributed by atoms with van der Waals surface area (Å²) in [7, 11) is 1.57. The van der Waals surface area contributed by atoms with Gasteiger partial charge >= 0.3 is 0 Å². The second-order valence-electron chi connectivity index (χ2n) is 8.00. The number of imide groups is 1. The van der Waals surface area contributed by atoms with Crippen molar-refractivity contribution in [2.45, 2.75) is 20.3 Å². The molecule has 9 nitrogen and oxygen atoms in total. The van der Waals surface area contributed by atoms with Crippen LogP contribution in [0.4, 0.5) is 17.3 Å². The fraction of sp³-hybridized carbons (Fsp3) is 0.240. The normalized spacial score (nSPS) is 12.6. The zero-order valence-electron chi connectivity index (χ0n) is 19.2. The maximum absolute atomic E-state index is 12.9. The van der Waals surface area contributed by atoms with Crippen molar-refractivity contribution in [2.75, 3.05) is 30.9 Å². The van der Waals surface area contributed by atoms with Crippen LogP contribution in [0.2, 0.25) is 0 Å². The molecule has 0 saturated carbocycles. The van der Waals surface area contributed by atoms with Crippen LogP contribution in [-0.2, 0) is 4.74 Å². The lowest BCUT2D eigenvalue weighted by Crippen LogP contribution is -2.31. The zero-order chi connectivity index (χ0) is 24.2. The Balaban J connectivity index is 1.47. The number of anilines is 3. The van der Waals surface area contributed by atoms with Crippen molar-refractivity contribution < 1.29 is 19.1 Å². The summed E-state index contributed by atoms with van der Waals surface area (Å²) in [5.41, 5.74) is 3.79. The first-order valence-electron chi connectivity index (χ1n) is 10.9. The first kappa shape index (κ1) is 23.1. The Morgan fingerprint density at radius 3 is 2.38 bits per heavy atom. The van der Waals surface area contributed by atoms with E-state index in [0.717, 1.165) is 11.4 Å². The Bertz CT molecular complexity index is 1250. The second-order valence-corrected chi connectivity index (χ2v) is 8.00. The lowest BCUT2D eigenvalue weighted by molar-refractivity contribution is 0.0638. The number of fused-ring (bicyclic) bond motifs is 1. The number of nitrogens with one attached hydrogen (secondary N) is 2. The van der Waals surface area contributed by atoms with Crippen LogP contribution < -0.4 is 10.6 Å². The van der Waals surface area contributed by atoms with Crippen molar-refractivity contribution >= 4 is 35.0 Å². The van der Waals surface area contributed by atoms with E-state index in [1.165, 1.54) is 17.0 Å². The maximum atomic E-state index is 12.9. The number of hydrogen-bond donors (Lipinski definition) is 2. The van der Waals surface area contributed by atoms with E-state index in [9.17, 15) is 14.4 Å². The van der Waals surface area contributed by atoms with Gasteiger partial charge in [0, 0.05) is 48.6 Å². The average Bonchev–Trinajstić information content (AvgIpc) is 3.03. The molecular formula is C25H25N5O4. The Kier molecular flexibility index (Phi) is 6.65. The Labute approximate surface area is 197 Å². The first-order valence-corrected chi connectivity index (χ1v) is 10.9. The molecule has 0 fully saturated rings. The number of amides is 3. The van der Waals surface area contributed by atoms with Gasteiger partial charge in [0.2, 0.25) is 5.95 Å². The highest BCUT2D eigenvalue weighted by Gasteiger charge is 2.35. The van der Waals surface area contributed by atoms with E-state index in [4.69, 9.17) is 4.74 Å². The lowest BCUT2D eigenvalue weighted by atomic mass is 10.1. The number of benzene rings is 2. The molecule has 3 aromatic rings. The van der Waals surface area contributed by atoms with E-state index in [2.05, 4.69) is 20.6 Å². The van der Waals surface area contributed by atoms with Gasteiger partial charge in [0.15, 0.2) is 0 Å². The van der Waals surface area contributed by atoms with E-state index >= 15 is 0 Å². The number of aromatic nitrogens is 2. The molecule has 0 saturated heterocycles. The van der Waals surface area contributed by atoms with Gasteiger partial charge in [-0.25, -0.2) is 9.97 Å². The minimum Gasteiger partial charge on any atom is -0.385 e. The molecule has 34 heavy (non-hydrogen) atoms. The van der Waals surface area contributed by atoms with Gasteiger partial charge in [-0.05, 0) is 62.7 Å². The quantitative estimate of drug-likeness (QED) is 0.390. The number of methoxy groups -OCH3 is 1. The van der Waals surface area contributed by atoms with Gasteiger partial charge in [-0.2, -0.15) is 0 Å². The summed E-state index contributed by atoms with van der Waals surface area (Å²) in [6.07, 6.45) is 0.548. The Morgan fingerprint density at radius 2 is 1.65 bits per heavy atom. The summed E-state index contributed by atoms with van der Waals surface area (Å²) >= 11 is 0. The van der Waals surface area contributed by atoms with Crippen molar-refractivity contribution in [3.05, 3.63) is 76.6 Å². The van der Waals surface area contributed by atoms with E-state index in [-0.39, 0.29) is 29.5 Å². The van der Waals surface area contributed by atoms with Crippen LogP contribution in [0.5, 0.6) is 0 Å². The lowest BCUT2D eigenvalue weighted by Gasteiger charge is -2.12. The van der Waals surface area contributed by atoms with Crippen LogP contribution in [0.3, 0.4) is 0 Å². The largest absolute Gasteiger partial charge is 0.385 e. The van der Waals surface area contributed by atoms with Gasteiger partial charge in [0.05, 0.1) is 11.1 Å². The third-order valence-corrected chi connectivity index (χ3v) is 5.32. The molecule has 1 aliphatic rings. The molecule has 0 bridgehead atoms. The fourth-order valence-corrected chi connectivity index (χ4v) is 3.79. The molecule has 2 N–H and O–H groups in total. The van der Waals surface area contributed by atoms with Crippen LogP contribution in [0, 0.1) is 13.8 Å². The van der Waals surface area contributed by atoms with Crippen LogP contribution >= 0.6 is 0 Å². The smallest absolute Gasteiger partial charge is 0.261 e. The molecule has 2 aromatic carbocycles. The minimum absolute atomic E-state index is 0.234. The van der Waals surface area contributed by atoms with Gasteiger partial charge in [-0.15, -0.1) is 0 Å². The number of carbonyl (C=O) groups is 3. The van der Waals surface area contributed by atoms with E-state index in [1.807, 2.05) is 26.0 Å². The fourth-order valence-electron chi connectivity index (χ4n) is 3.79. The monoisotopic (exact) mass is 459 g/mol. The molecule has 4 rings (SSSR count). The van der Waals surface area contributed by atoms with Crippen LogP contribution in [0.1, 0.15) is 48.9 Å². The summed E-state index contributed by atoms with van der Waals surface area (Å²) in [6.45, 7) is 4.50. The molecule has 1 aliphatic heterocycles. The first-order chi connectivity index (χ1) is 16.4. The number of aryl methyl sites for hydroxylation is 2. The van der Waals surface area contributed by atoms with Crippen molar-refractivity contribution in [1.82, 2.24) is 14.9 Å². The molecule has 0 spiro atoms. The van der Waals surface area contributed by atoms with Crippen LogP contribution in [-0.4, -0.2) is 52.9 Å². The van der Waals surface area contributed by atoms with Crippen molar-refractivity contribution in [3.63, 3.8) is 0 Å². The van der Waals surface area contributed by atoms with Crippen molar-refractivity contribution in [3.8, 4) is 0 Å². The molecular weight excluding hydrogens is 434 g/mol. The molecule has 0 unspecified atom stereocenters. The van der Waals surface area contributed by atoms with Crippen molar-refractivity contribution in [1.29, 1.82) is 0 Å². The third-order valence-electron chi connectivity index (χ3n) is 5.32. The molecule has 0 atom stereocenters. The van der Waals surface area contributed by atoms with E-state index < -0.39 is 5.91 Å². The van der Waals surface area contributed by atoms with Gasteiger partial charge in [-0.1, -0.05) is 6.07 Å². The van der Waals surface area contributed by atoms with E-state index in [1.54, 1.807) is 31.4 Å². The predicted octanol–water partition coefficient (Wildman–Crippen LogP) is 3.72. The molecule has 174 valence electrons. The standard InChI is InChI=1S/C25H25N5O4/c1-15-12-16(2)27-25(26-15)29-19-7-4-6-18(14-19)28-22(31)17-8-9-20-21(13-17)24(33)30(23(20)32)10-5-11-34-3/h4,6-9,12-14H,5,10-11H2,1-3H3,(H,28,31)(H,26,27,29). The highest BCUT2D eigenvalue weighted by atomic mass is 16.5. The SMILES string of the molecule is COCCCN1C(=O)c2ccc(C(=O)Nc3cccc(Nc4nc(C)cc(C)n4)c3)cc2C1=O. The highest BCUT2D eigenvalue weighted by molar-refractivity contribution is 6.22. The Hall–Kier alpha value is -4.11. The van der Waals surface area contributed by atoms with Crippen LogP contribution in [0.25, 0.3) is 0 Å². The Morgan fingerprint density at radius 1 is 0.941 bits per heavy atom. The molecule has 2 heterocycles. The van der Waals surface area contributed by atoms with Crippen LogP contribution in [0.15, 0.2) is 48.5 Å². The zero-order valence-corrected chi connectivity index (χ0v) is 19.2. The number of carbonyl (C=O) groups excluding carboxylic acids is 3. The summed E-state index contributed by atoms with van der Waals surface area (Å²) < 4.78 is 4.99.